The number of likely N-dealkylation sites (tertiary alicyclic amines) is 2. The molecule has 2 aromatic heterocycles. The summed E-state index contributed by atoms with van der Waals surface area (Å²) in [6.07, 6.45) is 3.87. The smallest absolute Gasteiger partial charge is 0.410 e. The molecular formula is C46H46Cl4F2N8O4. The standard InChI is InChI=1S/2C23H23Cl2FN4O2/c2*1-23(2,3)32-22(31)30-9-8-14(11-30)13-4-6-17-15(10-13)21(28-12-27-17)29-18-7-5-16(24)19(25)20(18)26/h2*4-7,10,12,14H,8-9,11H2,1-3H3,(H,27,28,29)/t14-;/m0./s1. The molecule has 4 aromatic carbocycles. The van der Waals surface area contributed by atoms with Crippen LogP contribution >= 0.6 is 46.4 Å². The van der Waals surface area contributed by atoms with E-state index in [9.17, 15) is 18.4 Å². The third-order valence-corrected chi connectivity index (χ3v) is 12.1. The maximum atomic E-state index is 14.5. The van der Waals surface area contributed by atoms with Gasteiger partial charge >= 0.3 is 12.2 Å². The highest BCUT2D eigenvalue weighted by Crippen LogP contribution is 2.37. The van der Waals surface area contributed by atoms with Crippen LogP contribution in [-0.4, -0.2) is 79.3 Å². The molecule has 2 aliphatic heterocycles. The first-order chi connectivity index (χ1) is 30.2. The first kappa shape index (κ1) is 46.7. The van der Waals surface area contributed by atoms with Gasteiger partial charge in [-0.25, -0.2) is 38.3 Å². The van der Waals surface area contributed by atoms with Crippen LogP contribution in [0.3, 0.4) is 0 Å². The Morgan fingerprint density at radius 3 is 1.38 bits per heavy atom. The average molecular weight is 955 g/mol. The van der Waals surface area contributed by atoms with Crippen LogP contribution in [0.5, 0.6) is 0 Å². The molecule has 0 spiro atoms. The van der Waals surface area contributed by atoms with E-state index in [0.717, 1.165) is 34.7 Å². The number of nitrogens with one attached hydrogen (secondary N) is 2. The van der Waals surface area contributed by atoms with Crippen molar-refractivity contribution in [2.45, 2.75) is 77.4 Å². The van der Waals surface area contributed by atoms with Crippen LogP contribution in [0.2, 0.25) is 20.1 Å². The lowest BCUT2D eigenvalue weighted by Gasteiger charge is -2.24. The molecule has 0 aliphatic carbocycles. The zero-order chi connectivity index (χ0) is 46.1. The number of anilines is 4. The second-order valence-electron chi connectivity index (χ2n) is 17.5. The molecule has 18 heteroatoms. The van der Waals surface area contributed by atoms with Crippen molar-refractivity contribution < 1.29 is 27.8 Å². The number of hydrogen-bond donors (Lipinski definition) is 2. The predicted molar refractivity (Wildman–Crippen MR) is 249 cm³/mol. The number of aromatic nitrogens is 4. The summed E-state index contributed by atoms with van der Waals surface area (Å²) >= 11 is 23.6. The molecule has 64 heavy (non-hydrogen) atoms. The minimum atomic E-state index is -0.647. The van der Waals surface area contributed by atoms with Crippen molar-refractivity contribution in [1.29, 1.82) is 0 Å². The monoisotopic (exact) mass is 952 g/mol. The molecule has 2 fully saturated rings. The minimum absolute atomic E-state index is 0.139. The highest BCUT2D eigenvalue weighted by molar-refractivity contribution is 6.42. The van der Waals surface area contributed by atoms with Crippen molar-refractivity contribution in [3.63, 3.8) is 0 Å². The quantitative estimate of drug-likeness (QED) is 0.155. The lowest BCUT2D eigenvalue weighted by Crippen LogP contribution is -2.35. The van der Waals surface area contributed by atoms with E-state index in [4.69, 9.17) is 55.9 Å². The van der Waals surface area contributed by atoms with Crippen LogP contribution in [0, 0.1) is 11.6 Å². The number of amides is 2. The molecular weight excluding hydrogens is 908 g/mol. The Morgan fingerprint density at radius 2 is 1.00 bits per heavy atom. The SMILES string of the molecule is CC(C)(C)OC(=O)N1CCC(c2ccc3ncnc(Nc4ccc(Cl)c(Cl)c4F)c3c2)C1.CC(C)(C)OC(=O)N1CC[C@H](c2ccc3ncnc(Nc4ccc(Cl)c(Cl)c4F)c3c2)C1. The number of hydrogen-bond acceptors (Lipinski definition) is 10. The number of rotatable bonds is 6. The van der Waals surface area contributed by atoms with Gasteiger partial charge in [0.05, 0.1) is 42.5 Å². The van der Waals surface area contributed by atoms with Crippen LogP contribution in [0.1, 0.15) is 77.3 Å². The van der Waals surface area contributed by atoms with Gasteiger partial charge in [0.1, 0.15) is 35.5 Å². The first-order valence-corrected chi connectivity index (χ1v) is 22.0. The van der Waals surface area contributed by atoms with Gasteiger partial charge in [-0.05, 0) is 114 Å². The second kappa shape index (κ2) is 19.1. The number of fused-ring (bicyclic) bond motifs is 2. The maximum absolute atomic E-state index is 14.5. The third kappa shape index (κ3) is 11.0. The molecule has 6 aromatic rings. The lowest BCUT2D eigenvalue weighted by molar-refractivity contribution is 0.0282. The number of nitrogens with zero attached hydrogens (tertiary/aromatic N) is 6. The van der Waals surface area contributed by atoms with Crippen molar-refractivity contribution in [2.75, 3.05) is 36.8 Å². The molecule has 2 amide bonds. The largest absolute Gasteiger partial charge is 0.444 e. The molecule has 2 saturated heterocycles. The van der Waals surface area contributed by atoms with E-state index in [2.05, 4.69) is 30.6 Å². The second-order valence-corrected chi connectivity index (χ2v) is 19.1. The molecule has 1 unspecified atom stereocenters. The summed E-state index contributed by atoms with van der Waals surface area (Å²) in [6, 6.07) is 17.8. The number of carbonyl (C=O) groups is 2. The van der Waals surface area contributed by atoms with E-state index in [0.29, 0.717) is 48.8 Å². The minimum Gasteiger partial charge on any atom is -0.444 e. The van der Waals surface area contributed by atoms with Crippen molar-refractivity contribution >= 4 is 103 Å². The van der Waals surface area contributed by atoms with Crippen LogP contribution in [0.4, 0.5) is 41.4 Å². The Balaban J connectivity index is 0.000000191. The molecule has 4 heterocycles. The maximum Gasteiger partial charge on any atom is 0.410 e. The molecule has 0 saturated carbocycles. The zero-order valence-corrected chi connectivity index (χ0v) is 38.9. The summed E-state index contributed by atoms with van der Waals surface area (Å²) in [5.74, 6) is -0.0765. The molecule has 2 atom stereocenters. The molecule has 0 bridgehead atoms. The Morgan fingerprint density at radius 1 is 0.609 bits per heavy atom. The fourth-order valence-corrected chi connectivity index (χ4v) is 8.03. The van der Waals surface area contributed by atoms with Gasteiger partial charge in [0.25, 0.3) is 0 Å². The third-order valence-electron chi connectivity index (χ3n) is 10.5. The number of ether oxygens (including phenoxy) is 2. The summed E-state index contributed by atoms with van der Waals surface area (Å²) in [5.41, 5.74) is 2.81. The first-order valence-electron chi connectivity index (χ1n) is 20.5. The topological polar surface area (TPSA) is 135 Å². The normalized spacial score (nSPS) is 16.4. The summed E-state index contributed by atoms with van der Waals surface area (Å²) in [7, 11) is 0. The molecule has 336 valence electrons. The highest BCUT2D eigenvalue weighted by Gasteiger charge is 2.32. The molecule has 0 radical (unpaired) electrons. The zero-order valence-electron chi connectivity index (χ0n) is 35.9. The van der Waals surface area contributed by atoms with E-state index < -0.39 is 22.8 Å². The molecule has 8 rings (SSSR count). The van der Waals surface area contributed by atoms with E-state index >= 15 is 0 Å². The molecule has 2 aliphatic rings. The van der Waals surface area contributed by atoms with Crippen molar-refractivity contribution in [2.24, 2.45) is 0 Å². The van der Waals surface area contributed by atoms with Gasteiger partial charge in [0, 0.05) is 48.8 Å². The Hall–Kier alpha value is -5.28. The Labute approximate surface area is 389 Å². The van der Waals surface area contributed by atoms with Crippen LogP contribution < -0.4 is 10.6 Å². The van der Waals surface area contributed by atoms with Gasteiger partial charge in [0.15, 0.2) is 11.6 Å². The van der Waals surface area contributed by atoms with Crippen molar-refractivity contribution in [3.05, 3.63) is 116 Å². The fourth-order valence-electron chi connectivity index (χ4n) is 7.40. The van der Waals surface area contributed by atoms with Gasteiger partial charge in [-0.15, -0.1) is 0 Å². The van der Waals surface area contributed by atoms with E-state index in [-0.39, 0.29) is 55.5 Å². The fraction of sp³-hybridized carbons (Fsp3) is 0.348. The van der Waals surface area contributed by atoms with Gasteiger partial charge < -0.3 is 29.9 Å². The highest BCUT2D eigenvalue weighted by atomic mass is 35.5. The van der Waals surface area contributed by atoms with Crippen LogP contribution in [0.15, 0.2) is 73.3 Å². The van der Waals surface area contributed by atoms with E-state index in [1.54, 1.807) is 9.80 Å². The predicted octanol–water partition coefficient (Wildman–Crippen LogP) is 13.1. The molecule has 12 nitrogen and oxygen atoms in total. The number of benzene rings is 4. The Bertz CT molecular complexity index is 2550. The number of halogens is 6. The number of carbonyl (C=O) groups excluding carboxylic acids is 2. The molecule has 2 N–H and O–H groups in total. The lowest BCUT2D eigenvalue weighted by atomic mass is 9.97. The van der Waals surface area contributed by atoms with Crippen molar-refractivity contribution in [1.82, 2.24) is 29.7 Å². The Kier molecular flexibility index (Phi) is 13.9. The van der Waals surface area contributed by atoms with E-state index in [1.165, 1.54) is 36.9 Å². The average Bonchev–Trinajstić information content (AvgIpc) is 3.95. The van der Waals surface area contributed by atoms with Crippen LogP contribution in [-0.2, 0) is 9.47 Å². The van der Waals surface area contributed by atoms with Crippen molar-refractivity contribution in [3.8, 4) is 0 Å². The van der Waals surface area contributed by atoms with Gasteiger partial charge in [0.2, 0.25) is 0 Å². The van der Waals surface area contributed by atoms with E-state index in [1.807, 2.05) is 77.9 Å². The van der Waals surface area contributed by atoms with Gasteiger partial charge in [-0.1, -0.05) is 58.5 Å². The van der Waals surface area contributed by atoms with Gasteiger partial charge in [-0.2, -0.15) is 0 Å². The summed E-state index contributed by atoms with van der Waals surface area (Å²) in [4.78, 5) is 45.5. The summed E-state index contributed by atoms with van der Waals surface area (Å²) in [5, 5.41) is 7.46. The summed E-state index contributed by atoms with van der Waals surface area (Å²) in [6.45, 7) is 13.5. The van der Waals surface area contributed by atoms with Crippen LogP contribution in [0.25, 0.3) is 21.8 Å². The van der Waals surface area contributed by atoms with Gasteiger partial charge in [-0.3, -0.25) is 0 Å². The summed E-state index contributed by atoms with van der Waals surface area (Å²) < 4.78 is 40.1.